The fraction of sp³-hybridized carbons (Fsp3) is 0.231. The summed E-state index contributed by atoms with van der Waals surface area (Å²) in [6.07, 6.45) is 1.12. The lowest BCUT2D eigenvalue weighted by atomic mass is 9.98. The molecule has 0 radical (unpaired) electrons. The lowest BCUT2D eigenvalue weighted by Crippen LogP contribution is -2.23. The molecule has 0 saturated carbocycles. The molecule has 2 N–H and O–H groups in total. The Morgan fingerprint density at radius 3 is 2.22 bits per heavy atom. The van der Waals surface area contributed by atoms with Crippen LogP contribution in [0.1, 0.15) is 37.8 Å². The van der Waals surface area contributed by atoms with E-state index in [1.807, 2.05) is 32.9 Å². The van der Waals surface area contributed by atoms with E-state index in [1.165, 1.54) is 24.3 Å². The minimum Gasteiger partial charge on any atom is -0.507 e. The number of aryl methyl sites for hydroxylation is 1. The molecule has 32 heavy (non-hydrogen) atoms. The van der Waals surface area contributed by atoms with Gasteiger partial charge in [0, 0.05) is 5.56 Å². The maximum absolute atomic E-state index is 12.8. The molecule has 0 aliphatic carbocycles. The standard InChI is InChI=1S/C26H26O5S/c1-4-26(28,5-2)17-16-20-10-15-24(19(3)18-20)31-21-11-13-22(14-12-21)32(29,30)25-9-7-6-8-23(25)27/h6-15,18,27-28H,4-5H2,1-3H3. The summed E-state index contributed by atoms with van der Waals surface area (Å²) >= 11 is 0. The van der Waals surface area contributed by atoms with E-state index in [0.717, 1.165) is 11.1 Å². The van der Waals surface area contributed by atoms with Gasteiger partial charge in [0.25, 0.3) is 0 Å². The second-order valence-electron chi connectivity index (χ2n) is 7.51. The molecule has 0 aliphatic rings. The molecule has 0 amide bonds. The van der Waals surface area contributed by atoms with Crippen LogP contribution in [0.4, 0.5) is 0 Å². The lowest BCUT2D eigenvalue weighted by Gasteiger charge is -2.17. The Labute approximate surface area is 189 Å². The fourth-order valence-corrected chi connectivity index (χ4v) is 4.43. The Kier molecular flexibility index (Phi) is 6.93. The molecule has 166 valence electrons. The van der Waals surface area contributed by atoms with Crippen molar-refractivity contribution in [3.8, 4) is 29.1 Å². The highest BCUT2D eigenvalue weighted by atomic mass is 32.2. The Morgan fingerprint density at radius 1 is 0.969 bits per heavy atom. The zero-order chi connectivity index (χ0) is 23.4. The van der Waals surface area contributed by atoms with Gasteiger partial charge >= 0.3 is 0 Å². The molecule has 0 heterocycles. The molecule has 5 nitrogen and oxygen atoms in total. The summed E-state index contributed by atoms with van der Waals surface area (Å²) in [6, 6.07) is 17.4. The average molecular weight is 451 g/mol. The van der Waals surface area contributed by atoms with E-state index in [1.54, 1.807) is 30.3 Å². The van der Waals surface area contributed by atoms with Gasteiger partial charge in [-0.05, 0) is 79.9 Å². The number of phenolic OH excluding ortho intramolecular Hbond substituents is 1. The fourth-order valence-electron chi connectivity index (χ4n) is 3.08. The minimum atomic E-state index is -3.84. The first-order valence-electron chi connectivity index (χ1n) is 10.4. The molecule has 0 atom stereocenters. The largest absolute Gasteiger partial charge is 0.507 e. The molecular weight excluding hydrogens is 424 g/mol. The Balaban J connectivity index is 1.79. The number of aromatic hydroxyl groups is 1. The van der Waals surface area contributed by atoms with Gasteiger partial charge < -0.3 is 14.9 Å². The molecule has 0 bridgehead atoms. The number of ether oxygens (including phenoxy) is 1. The molecule has 3 rings (SSSR count). The molecule has 6 heteroatoms. The predicted molar refractivity (Wildman–Crippen MR) is 124 cm³/mol. The minimum absolute atomic E-state index is 0.0630. The third kappa shape index (κ3) is 5.13. The Morgan fingerprint density at radius 2 is 1.62 bits per heavy atom. The first-order chi connectivity index (χ1) is 15.2. The van der Waals surface area contributed by atoms with E-state index in [-0.39, 0.29) is 15.5 Å². The van der Waals surface area contributed by atoms with Crippen molar-refractivity contribution in [2.75, 3.05) is 0 Å². The molecule has 0 aliphatic heterocycles. The van der Waals surface area contributed by atoms with E-state index in [9.17, 15) is 18.6 Å². The summed E-state index contributed by atoms with van der Waals surface area (Å²) in [6.45, 7) is 5.70. The number of aliphatic hydroxyl groups is 1. The van der Waals surface area contributed by atoms with Gasteiger partial charge in [-0.3, -0.25) is 0 Å². The first kappa shape index (κ1) is 23.4. The predicted octanol–water partition coefficient (Wildman–Crippen LogP) is 5.23. The van der Waals surface area contributed by atoms with Gasteiger partial charge in [0.15, 0.2) is 0 Å². The van der Waals surface area contributed by atoms with Gasteiger partial charge in [-0.2, -0.15) is 0 Å². The van der Waals surface area contributed by atoms with E-state index in [0.29, 0.717) is 24.3 Å². The van der Waals surface area contributed by atoms with Crippen LogP contribution >= 0.6 is 0 Å². The molecule has 0 aromatic heterocycles. The van der Waals surface area contributed by atoms with Crippen LogP contribution in [-0.2, 0) is 9.84 Å². The van der Waals surface area contributed by atoms with Crippen molar-refractivity contribution >= 4 is 9.84 Å². The molecule has 0 saturated heterocycles. The second-order valence-corrected chi connectivity index (χ2v) is 9.43. The second kappa shape index (κ2) is 9.47. The van der Waals surface area contributed by atoms with E-state index in [2.05, 4.69) is 11.8 Å². The van der Waals surface area contributed by atoms with E-state index in [4.69, 9.17) is 4.74 Å². The van der Waals surface area contributed by atoms with Crippen molar-refractivity contribution in [2.45, 2.75) is 49.0 Å². The van der Waals surface area contributed by atoms with Crippen LogP contribution in [-0.4, -0.2) is 24.2 Å². The highest BCUT2D eigenvalue weighted by Crippen LogP contribution is 2.31. The maximum Gasteiger partial charge on any atom is 0.210 e. The SMILES string of the molecule is CCC(O)(C#Cc1ccc(Oc2ccc(S(=O)(=O)c3ccccc3O)cc2)c(C)c1)CC. The number of benzene rings is 3. The van der Waals surface area contributed by atoms with Crippen molar-refractivity contribution in [3.63, 3.8) is 0 Å². The number of rotatable bonds is 6. The van der Waals surface area contributed by atoms with Gasteiger partial charge in [-0.15, -0.1) is 0 Å². The first-order valence-corrected chi connectivity index (χ1v) is 11.8. The summed E-state index contributed by atoms with van der Waals surface area (Å²) in [5, 5.41) is 20.2. The monoisotopic (exact) mass is 450 g/mol. The highest BCUT2D eigenvalue weighted by Gasteiger charge is 2.21. The molecule has 0 spiro atoms. The van der Waals surface area contributed by atoms with E-state index >= 15 is 0 Å². The van der Waals surface area contributed by atoms with Crippen LogP contribution in [0.5, 0.6) is 17.2 Å². The molecule has 0 fully saturated rings. The average Bonchev–Trinajstić information content (AvgIpc) is 2.79. The number of hydrogen-bond donors (Lipinski definition) is 2. The molecular formula is C26H26O5S. The van der Waals surface area contributed by atoms with Gasteiger partial charge in [0.1, 0.15) is 27.7 Å². The smallest absolute Gasteiger partial charge is 0.210 e. The van der Waals surface area contributed by atoms with E-state index < -0.39 is 15.4 Å². The van der Waals surface area contributed by atoms with Crippen molar-refractivity contribution < 1.29 is 23.4 Å². The maximum atomic E-state index is 12.8. The van der Waals surface area contributed by atoms with Gasteiger partial charge in [0.05, 0.1) is 4.90 Å². The zero-order valence-corrected chi connectivity index (χ0v) is 19.1. The van der Waals surface area contributed by atoms with Crippen molar-refractivity contribution in [3.05, 3.63) is 77.9 Å². The van der Waals surface area contributed by atoms with Crippen LogP contribution < -0.4 is 4.74 Å². The Hall–Kier alpha value is -3.27. The molecule has 0 unspecified atom stereocenters. The summed E-state index contributed by atoms with van der Waals surface area (Å²) in [5.41, 5.74) is 0.653. The Bertz CT molecular complexity index is 1260. The van der Waals surface area contributed by atoms with Crippen LogP contribution in [0.25, 0.3) is 0 Å². The summed E-state index contributed by atoms with van der Waals surface area (Å²) in [4.78, 5) is -0.0766. The van der Waals surface area contributed by atoms with Crippen molar-refractivity contribution in [1.82, 2.24) is 0 Å². The van der Waals surface area contributed by atoms with Gasteiger partial charge in [0.2, 0.25) is 9.84 Å². The molecule has 3 aromatic rings. The third-order valence-electron chi connectivity index (χ3n) is 5.30. The quantitative estimate of drug-likeness (QED) is 0.503. The lowest BCUT2D eigenvalue weighted by molar-refractivity contribution is 0.0931. The van der Waals surface area contributed by atoms with Crippen LogP contribution in [0.2, 0.25) is 0 Å². The number of hydrogen-bond acceptors (Lipinski definition) is 5. The summed E-state index contributed by atoms with van der Waals surface area (Å²) in [5.74, 6) is 6.77. The number of para-hydroxylation sites is 1. The van der Waals surface area contributed by atoms with Gasteiger partial charge in [-0.1, -0.05) is 37.8 Å². The van der Waals surface area contributed by atoms with Crippen LogP contribution in [0.15, 0.2) is 76.5 Å². The van der Waals surface area contributed by atoms with Gasteiger partial charge in [-0.25, -0.2) is 8.42 Å². The third-order valence-corrected chi connectivity index (χ3v) is 7.12. The summed E-state index contributed by atoms with van der Waals surface area (Å²) < 4.78 is 31.4. The molecule has 3 aromatic carbocycles. The van der Waals surface area contributed by atoms with Crippen molar-refractivity contribution in [1.29, 1.82) is 0 Å². The topological polar surface area (TPSA) is 83.8 Å². The number of phenols is 1. The van der Waals surface area contributed by atoms with Crippen LogP contribution in [0.3, 0.4) is 0 Å². The van der Waals surface area contributed by atoms with Crippen LogP contribution in [0, 0.1) is 18.8 Å². The normalized spacial score (nSPS) is 11.5. The number of sulfone groups is 1. The highest BCUT2D eigenvalue weighted by molar-refractivity contribution is 7.91. The summed E-state index contributed by atoms with van der Waals surface area (Å²) in [7, 11) is -3.84. The zero-order valence-electron chi connectivity index (χ0n) is 18.3. The van der Waals surface area contributed by atoms with Crippen molar-refractivity contribution in [2.24, 2.45) is 0 Å².